The van der Waals surface area contributed by atoms with Gasteiger partial charge in [-0.2, -0.15) is 0 Å². The van der Waals surface area contributed by atoms with Crippen LogP contribution < -0.4 is 35.5 Å². The summed E-state index contributed by atoms with van der Waals surface area (Å²) < 4.78 is 0. The topological polar surface area (TPSA) is 169 Å². The Morgan fingerprint density at radius 2 is 0.667 bits per heavy atom. The van der Waals surface area contributed by atoms with Crippen LogP contribution in [0.5, 0.6) is 0 Å². The Bertz CT molecular complexity index is 1620. The van der Waals surface area contributed by atoms with Crippen molar-refractivity contribution in [1.29, 1.82) is 0 Å². The standard InChI is InChI=1S/2C14H16N2.5C5H10O.Ru/c2*1-14(2,3)13-9-12(15-10-16-13)11-7-5-4-6-8-11;5*1-3-4-5(2)6;/h2*4-10H,1-3H3;5*6H,2-4H2,1H3;/q;;;;;;;+3/p-3. The van der Waals surface area contributed by atoms with Crippen molar-refractivity contribution >= 4 is 0 Å². The monoisotopic (exact) mass is 954 g/mol. The first-order chi connectivity index (χ1) is 29.0. The van der Waals surface area contributed by atoms with E-state index in [-0.39, 0.29) is 59.1 Å². The van der Waals surface area contributed by atoms with E-state index in [1.54, 1.807) is 12.7 Å². The molecule has 4 rings (SSSR count). The minimum absolute atomic E-state index is 0. The van der Waals surface area contributed by atoms with E-state index in [0.717, 1.165) is 54.9 Å². The summed E-state index contributed by atoms with van der Waals surface area (Å²) in [5, 5.41) is 49.7. The molecule has 10 heteroatoms. The van der Waals surface area contributed by atoms with Gasteiger partial charge in [0.25, 0.3) is 12.7 Å². The van der Waals surface area contributed by atoms with Crippen molar-refractivity contribution in [3.8, 4) is 22.5 Å². The molecule has 0 amide bonds. The van der Waals surface area contributed by atoms with Crippen LogP contribution >= 0.6 is 0 Å². The van der Waals surface area contributed by atoms with Crippen molar-refractivity contribution in [2.24, 2.45) is 0 Å². The summed E-state index contributed by atoms with van der Waals surface area (Å²) in [6, 6.07) is 24.8. The Kier molecular flexibility index (Phi) is 39.5. The van der Waals surface area contributed by atoms with E-state index < -0.39 is 0 Å². The fourth-order valence-corrected chi connectivity index (χ4v) is 4.56. The fourth-order valence-electron chi connectivity index (χ4n) is 4.56. The summed E-state index contributed by atoms with van der Waals surface area (Å²) in [4.78, 5) is 15.1. The molecule has 4 aromatic rings. The summed E-state index contributed by atoms with van der Waals surface area (Å²) in [6.07, 6.45) is 11.3. The first-order valence-electron chi connectivity index (χ1n) is 21.6. The molecule has 1 radical (unpaired) electrons. The molecule has 0 atom stereocenters. The van der Waals surface area contributed by atoms with Gasteiger partial charge in [0.05, 0.1) is 0 Å². The van der Waals surface area contributed by atoms with Crippen molar-refractivity contribution < 1.29 is 55.0 Å². The molecule has 0 saturated carbocycles. The number of benzene rings is 2. The van der Waals surface area contributed by atoms with Crippen LogP contribution in [0.3, 0.4) is 0 Å². The van der Waals surface area contributed by atoms with Crippen molar-refractivity contribution in [2.75, 3.05) is 0 Å². The molecule has 0 aliphatic carbocycles. The third kappa shape index (κ3) is 39.5. The second-order valence-electron chi connectivity index (χ2n) is 16.4. The molecule has 63 heavy (non-hydrogen) atoms. The van der Waals surface area contributed by atoms with Crippen LogP contribution in [0.25, 0.3) is 22.5 Å². The Balaban J connectivity index is -0.000000343. The molecule has 0 fully saturated rings. The van der Waals surface area contributed by atoms with Crippen LogP contribution in [0.1, 0.15) is 152 Å². The Morgan fingerprint density at radius 1 is 0.444 bits per heavy atom. The fraction of sp³-hybridized carbons (Fsp3) is 0.434. The molecule has 2 aromatic heterocycles. The van der Waals surface area contributed by atoms with Gasteiger partial charge < -0.3 is 25.5 Å². The third-order valence-electron chi connectivity index (χ3n) is 7.76. The number of nitrogens with zero attached hydrogens (tertiary/aromatic N) is 2. The third-order valence-corrected chi connectivity index (χ3v) is 7.76. The molecule has 2 aromatic carbocycles. The average Bonchev–Trinajstić information content (AvgIpc) is 3.19. The maximum atomic E-state index is 9.93. The smallest absolute Gasteiger partial charge is 0.876 e. The van der Waals surface area contributed by atoms with Gasteiger partial charge in [0.1, 0.15) is 11.4 Å². The zero-order valence-corrected chi connectivity index (χ0v) is 42.2. The quantitative estimate of drug-likeness (QED) is 0.101. The molecule has 0 bridgehead atoms. The Hall–Kier alpha value is -5.08. The SMILES string of the molecule is C=C([O-])CCC.C=C([O-])CCC.C=C([O-])CCC.C=C([O-])CCC.C=C([O-])CCC.CC(C)(C)c1cc(-c2ccccc2)[nH+]cn1.CC(C)(C)c1cc(-c2ccccc2)[nH+]cn1.[Ru+3]. The zero-order chi connectivity index (χ0) is 48.1. The van der Waals surface area contributed by atoms with Gasteiger partial charge in [0, 0.05) is 34.1 Å². The van der Waals surface area contributed by atoms with Crippen LogP contribution in [-0.2, 0) is 30.3 Å². The van der Waals surface area contributed by atoms with E-state index in [9.17, 15) is 25.5 Å². The van der Waals surface area contributed by atoms with E-state index in [2.05, 4.69) is 131 Å². The van der Waals surface area contributed by atoms with Crippen LogP contribution in [0.15, 0.2) is 147 Å². The van der Waals surface area contributed by atoms with Gasteiger partial charge in [-0.15, -0.1) is 61.7 Å². The first-order valence-corrected chi connectivity index (χ1v) is 21.6. The molecule has 2 N–H and O–H groups in total. The van der Waals surface area contributed by atoms with Crippen molar-refractivity contribution in [1.82, 2.24) is 9.97 Å². The average molecular weight is 953 g/mol. The van der Waals surface area contributed by atoms with Crippen LogP contribution in [0.4, 0.5) is 0 Å². The molecule has 0 spiro atoms. The molecule has 0 aliphatic heterocycles. The number of rotatable bonds is 12. The van der Waals surface area contributed by atoms with Gasteiger partial charge in [-0.05, 0) is 32.1 Å². The number of H-pyrrole nitrogens is 2. The van der Waals surface area contributed by atoms with Crippen molar-refractivity contribution in [2.45, 2.75) is 151 Å². The number of aromatic nitrogens is 4. The summed E-state index contributed by atoms with van der Waals surface area (Å²) in [6.45, 7) is 38.8. The maximum Gasteiger partial charge on any atom is 3.00 e. The predicted octanol–water partition coefficient (Wildman–Crippen LogP) is 9.02. The number of hydrogen-bond acceptors (Lipinski definition) is 7. The minimum atomic E-state index is 0. The van der Waals surface area contributed by atoms with Gasteiger partial charge in [-0.3, -0.25) is 0 Å². The summed E-state index contributed by atoms with van der Waals surface area (Å²) >= 11 is 0. The van der Waals surface area contributed by atoms with Crippen LogP contribution in [0, 0.1) is 0 Å². The minimum Gasteiger partial charge on any atom is -0.876 e. The molecule has 0 aliphatic rings. The zero-order valence-electron chi connectivity index (χ0n) is 40.5. The van der Waals surface area contributed by atoms with E-state index in [1.165, 1.54) is 11.1 Å². The van der Waals surface area contributed by atoms with Gasteiger partial charge in [-0.1, -0.05) is 179 Å². The normalized spacial score (nSPS) is 9.70. The van der Waals surface area contributed by atoms with Gasteiger partial charge >= 0.3 is 19.5 Å². The number of aromatic amines is 2. The largest absolute Gasteiger partial charge is 3.00 e. The predicted molar refractivity (Wildman–Crippen MR) is 250 cm³/mol. The van der Waals surface area contributed by atoms with Crippen molar-refractivity contribution in [3.63, 3.8) is 0 Å². The van der Waals surface area contributed by atoms with Gasteiger partial charge in [-0.25, -0.2) is 9.97 Å². The molecular weight excluding hydrogens is 874 g/mol. The maximum absolute atomic E-state index is 9.93. The number of allylic oxidation sites excluding steroid dienone is 5. The number of hydrogen-bond donors (Lipinski definition) is 0. The molecule has 2 heterocycles. The van der Waals surface area contributed by atoms with Crippen molar-refractivity contribution in [3.05, 3.63) is 159 Å². The van der Waals surface area contributed by atoms with E-state index in [0.29, 0.717) is 32.1 Å². The summed E-state index contributed by atoms with van der Waals surface area (Å²) in [7, 11) is 0. The second-order valence-corrected chi connectivity index (χ2v) is 16.4. The molecule has 9 nitrogen and oxygen atoms in total. The first kappa shape index (κ1) is 64.5. The van der Waals surface area contributed by atoms with E-state index in [1.807, 2.05) is 71.0 Å². The van der Waals surface area contributed by atoms with Gasteiger partial charge in [0.2, 0.25) is 0 Å². The molecular formula is C53H79N4O5Ru. The summed E-state index contributed by atoms with van der Waals surface area (Å²) in [5.41, 5.74) is 6.97. The Labute approximate surface area is 395 Å². The molecule has 0 saturated heterocycles. The summed E-state index contributed by atoms with van der Waals surface area (Å²) in [5.74, 6) is 0.197. The van der Waals surface area contributed by atoms with Gasteiger partial charge in [0.15, 0.2) is 11.4 Å². The molecule has 349 valence electrons. The van der Waals surface area contributed by atoms with E-state index in [4.69, 9.17) is 0 Å². The van der Waals surface area contributed by atoms with Crippen LogP contribution in [-0.4, -0.2) is 9.97 Å². The van der Waals surface area contributed by atoms with E-state index >= 15 is 0 Å². The number of nitrogens with one attached hydrogen (secondary N) is 2. The van der Waals surface area contributed by atoms with Crippen LogP contribution in [0.2, 0.25) is 0 Å². The Morgan fingerprint density at radius 3 is 0.825 bits per heavy atom. The molecule has 0 unspecified atom stereocenters. The second kappa shape index (κ2) is 38.6.